The summed E-state index contributed by atoms with van der Waals surface area (Å²) in [4.78, 5) is 0. The van der Waals surface area contributed by atoms with Crippen LogP contribution < -0.4 is 5.32 Å². The first-order valence-corrected chi connectivity index (χ1v) is 7.21. The minimum Gasteiger partial charge on any atom is -0.361 e. The van der Waals surface area contributed by atoms with Crippen molar-refractivity contribution in [1.82, 2.24) is 9.78 Å². The van der Waals surface area contributed by atoms with Crippen LogP contribution in [0.1, 0.15) is 31.4 Å². The first-order valence-electron chi connectivity index (χ1n) is 6.83. The van der Waals surface area contributed by atoms with Gasteiger partial charge in [0.2, 0.25) is 0 Å². The third kappa shape index (κ3) is 1.54. The summed E-state index contributed by atoms with van der Waals surface area (Å²) in [5.41, 5.74) is 4.57. The fourth-order valence-electron chi connectivity index (χ4n) is 3.46. The highest BCUT2D eigenvalue weighted by Gasteiger charge is 2.41. The van der Waals surface area contributed by atoms with Gasteiger partial charge >= 0.3 is 0 Å². The molecule has 2 aromatic rings. The number of hydrogen-bond donors (Lipinski definition) is 1. The molecule has 4 rings (SSSR count). The van der Waals surface area contributed by atoms with E-state index in [4.69, 9.17) is 16.7 Å². The van der Waals surface area contributed by atoms with Crippen LogP contribution in [0.4, 0.5) is 5.69 Å². The van der Waals surface area contributed by atoms with E-state index in [1.54, 1.807) is 0 Å². The minimum absolute atomic E-state index is 0.0234. The molecule has 19 heavy (non-hydrogen) atoms. The zero-order valence-electron chi connectivity index (χ0n) is 10.9. The maximum absolute atomic E-state index is 6.14. The van der Waals surface area contributed by atoms with E-state index >= 15 is 0 Å². The molecule has 1 N–H and O–H groups in total. The van der Waals surface area contributed by atoms with Crippen molar-refractivity contribution < 1.29 is 0 Å². The normalized spacial score (nSPS) is 19.1. The molecule has 1 aliphatic heterocycles. The molecular weight excluding hydrogens is 258 g/mol. The molecule has 98 valence electrons. The van der Waals surface area contributed by atoms with Crippen LogP contribution in [0.25, 0.3) is 11.3 Å². The Bertz CT molecular complexity index is 653. The summed E-state index contributed by atoms with van der Waals surface area (Å²) in [6, 6.07) is 8.23. The first-order chi connectivity index (χ1) is 9.18. The van der Waals surface area contributed by atoms with Gasteiger partial charge in [-0.3, -0.25) is 0 Å². The van der Waals surface area contributed by atoms with Crippen molar-refractivity contribution in [2.24, 2.45) is 0 Å². The Labute approximate surface area is 117 Å². The number of aromatic nitrogens is 2. The van der Waals surface area contributed by atoms with Gasteiger partial charge in [0.05, 0.1) is 11.4 Å². The molecule has 0 saturated heterocycles. The second-order valence-electron chi connectivity index (χ2n) is 5.64. The van der Waals surface area contributed by atoms with E-state index in [-0.39, 0.29) is 5.66 Å². The summed E-state index contributed by atoms with van der Waals surface area (Å²) in [6.45, 7) is 2.05. The standard InChI is InChI=1S/C15H16ClN3/c1-10-8-14-12-9-11(16)4-5-13(12)17-15(19(14)18-10)6-2-3-7-15/h4-5,8-9,17H,2-3,6-7H2,1H3. The Kier molecular flexibility index (Phi) is 2.25. The van der Waals surface area contributed by atoms with Gasteiger partial charge in [0.1, 0.15) is 5.66 Å². The SMILES string of the molecule is Cc1cc2n(n1)C1(CCCC1)Nc1ccc(Cl)cc1-2. The molecule has 0 radical (unpaired) electrons. The van der Waals surface area contributed by atoms with Crippen LogP contribution in [0, 0.1) is 6.92 Å². The molecular formula is C15H16ClN3. The number of nitrogens with one attached hydrogen (secondary N) is 1. The van der Waals surface area contributed by atoms with E-state index in [9.17, 15) is 0 Å². The van der Waals surface area contributed by atoms with Crippen LogP contribution in [0.15, 0.2) is 24.3 Å². The number of nitrogens with zero attached hydrogens (tertiary/aromatic N) is 2. The monoisotopic (exact) mass is 273 g/mol. The minimum atomic E-state index is -0.0234. The van der Waals surface area contributed by atoms with E-state index in [0.717, 1.165) is 29.1 Å². The summed E-state index contributed by atoms with van der Waals surface area (Å²) in [7, 11) is 0. The maximum atomic E-state index is 6.14. The number of hydrogen-bond acceptors (Lipinski definition) is 2. The van der Waals surface area contributed by atoms with Crippen molar-refractivity contribution in [2.75, 3.05) is 5.32 Å². The van der Waals surface area contributed by atoms with Crippen molar-refractivity contribution in [1.29, 1.82) is 0 Å². The average Bonchev–Trinajstić information content (AvgIpc) is 2.98. The van der Waals surface area contributed by atoms with Crippen LogP contribution in [0.5, 0.6) is 0 Å². The number of halogens is 1. The molecule has 2 aliphatic rings. The topological polar surface area (TPSA) is 29.9 Å². The van der Waals surface area contributed by atoms with Crippen molar-refractivity contribution in [3.63, 3.8) is 0 Å². The highest BCUT2D eigenvalue weighted by atomic mass is 35.5. The van der Waals surface area contributed by atoms with Gasteiger partial charge in [-0.2, -0.15) is 5.10 Å². The Hall–Kier alpha value is -1.48. The molecule has 1 saturated carbocycles. The molecule has 1 aromatic carbocycles. The van der Waals surface area contributed by atoms with Gasteiger partial charge in [-0.1, -0.05) is 11.6 Å². The van der Waals surface area contributed by atoms with E-state index in [1.165, 1.54) is 24.2 Å². The predicted octanol–water partition coefficient (Wildman–Crippen LogP) is 4.16. The van der Waals surface area contributed by atoms with Crippen molar-refractivity contribution in [2.45, 2.75) is 38.3 Å². The predicted molar refractivity (Wildman–Crippen MR) is 77.5 cm³/mol. The number of anilines is 1. The average molecular weight is 274 g/mol. The fraction of sp³-hybridized carbons (Fsp3) is 0.400. The fourth-order valence-corrected chi connectivity index (χ4v) is 3.63. The lowest BCUT2D eigenvalue weighted by Gasteiger charge is -2.38. The number of benzene rings is 1. The Morgan fingerprint density at radius 2 is 2.05 bits per heavy atom. The van der Waals surface area contributed by atoms with E-state index in [0.29, 0.717) is 0 Å². The van der Waals surface area contributed by atoms with Crippen LogP contribution >= 0.6 is 11.6 Å². The van der Waals surface area contributed by atoms with E-state index in [1.807, 2.05) is 12.1 Å². The van der Waals surface area contributed by atoms with Gasteiger partial charge in [-0.25, -0.2) is 4.68 Å². The Balaban J connectivity index is 1.99. The molecule has 0 amide bonds. The van der Waals surface area contributed by atoms with Crippen molar-refractivity contribution in [3.8, 4) is 11.3 Å². The van der Waals surface area contributed by atoms with Crippen LogP contribution in [0.2, 0.25) is 5.02 Å². The third-order valence-corrected chi connectivity index (χ3v) is 4.53. The second-order valence-corrected chi connectivity index (χ2v) is 6.07. The van der Waals surface area contributed by atoms with Crippen molar-refractivity contribution >= 4 is 17.3 Å². The summed E-state index contributed by atoms with van der Waals surface area (Å²) < 4.78 is 2.19. The smallest absolute Gasteiger partial charge is 0.132 e. The van der Waals surface area contributed by atoms with Gasteiger partial charge in [-0.15, -0.1) is 0 Å². The Morgan fingerprint density at radius 1 is 1.26 bits per heavy atom. The lowest BCUT2D eigenvalue weighted by atomic mass is 9.99. The molecule has 1 aliphatic carbocycles. The van der Waals surface area contributed by atoms with Crippen molar-refractivity contribution in [3.05, 3.63) is 35.0 Å². The van der Waals surface area contributed by atoms with Crippen LogP contribution in [-0.4, -0.2) is 9.78 Å². The third-order valence-electron chi connectivity index (χ3n) is 4.29. The first kappa shape index (κ1) is 11.4. The molecule has 1 fully saturated rings. The molecule has 3 nitrogen and oxygen atoms in total. The molecule has 2 heterocycles. The summed E-state index contributed by atoms with van der Waals surface area (Å²) >= 11 is 6.14. The molecule has 1 spiro atoms. The zero-order chi connectivity index (χ0) is 13.0. The highest BCUT2D eigenvalue weighted by Crippen LogP contribution is 2.46. The lowest BCUT2D eigenvalue weighted by molar-refractivity contribution is 0.308. The van der Waals surface area contributed by atoms with Crippen LogP contribution in [0.3, 0.4) is 0 Å². The van der Waals surface area contributed by atoms with Gasteiger partial charge < -0.3 is 5.32 Å². The number of fused-ring (bicyclic) bond motifs is 4. The molecule has 1 aromatic heterocycles. The molecule has 0 bridgehead atoms. The van der Waals surface area contributed by atoms with Gasteiger partial charge in [0.15, 0.2) is 0 Å². The number of rotatable bonds is 0. The van der Waals surface area contributed by atoms with Gasteiger partial charge in [0, 0.05) is 16.3 Å². The Morgan fingerprint density at radius 3 is 2.84 bits per heavy atom. The zero-order valence-corrected chi connectivity index (χ0v) is 11.7. The highest BCUT2D eigenvalue weighted by molar-refractivity contribution is 6.31. The summed E-state index contributed by atoms with van der Waals surface area (Å²) in [5, 5.41) is 9.21. The largest absolute Gasteiger partial charge is 0.361 e. The van der Waals surface area contributed by atoms with E-state index < -0.39 is 0 Å². The quantitative estimate of drug-likeness (QED) is 0.781. The second kappa shape index (κ2) is 3.76. The summed E-state index contributed by atoms with van der Waals surface area (Å²) in [6.07, 6.45) is 4.80. The van der Waals surface area contributed by atoms with Crippen LogP contribution in [-0.2, 0) is 5.66 Å². The number of aryl methyl sites for hydroxylation is 1. The molecule has 0 atom stereocenters. The maximum Gasteiger partial charge on any atom is 0.132 e. The van der Waals surface area contributed by atoms with Gasteiger partial charge in [0.25, 0.3) is 0 Å². The molecule has 0 unspecified atom stereocenters. The lowest BCUT2D eigenvalue weighted by Crippen LogP contribution is -2.42. The van der Waals surface area contributed by atoms with E-state index in [2.05, 4.69) is 29.1 Å². The summed E-state index contributed by atoms with van der Waals surface area (Å²) in [5.74, 6) is 0. The molecule has 4 heteroatoms. The van der Waals surface area contributed by atoms with Gasteiger partial charge in [-0.05, 0) is 56.9 Å².